The third-order valence-electron chi connectivity index (χ3n) is 5.47. The minimum absolute atomic E-state index is 0.100. The van der Waals surface area contributed by atoms with Gasteiger partial charge in [-0.05, 0) is 66.1 Å². The quantitative estimate of drug-likeness (QED) is 0.638. The van der Waals surface area contributed by atoms with Crippen LogP contribution in [0.3, 0.4) is 0 Å². The molecular weight excluding hydrogens is 434 g/mol. The molecule has 0 saturated carbocycles. The molecule has 2 aromatic rings. The lowest BCUT2D eigenvalue weighted by atomic mass is 10.0. The summed E-state index contributed by atoms with van der Waals surface area (Å²) in [4.78, 5) is 35.9. The van der Waals surface area contributed by atoms with Crippen LogP contribution in [0, 0.1) is 13.8 Å². The van der Waals surface area contributed by atoms with Crippen LogP contribution >= 0.6 is 0 Å². The van der Waals surface area contributed by atoms with E-state index in [0.29, 0.717) is 23.6 Å². The number of anilines is 1. The summed E-state index contributed by atoms with van der Waals surface area (Å²) in [5.41, 5.74) is 1.99. The topological polar surface area (TPSA) is 106 Å². The van der Waals surface area contributed by atoms with Crippen molar-refractivity contribution in [2.45, 2.75) is 65.6 Å². The number of hydrogen-bond donors (Lipinski definition) is 2. The van der Waals surface area contributed by atoms with Crippen molar-refractivity contribution >= 4 is 17.7 Å². The predicted molar refractivity (Wildman–Crippen MR) is 130 cm³/mol. The van der Waals surface area contributed by atoms with E-state index in [-0.39, 0.29) is 24.6 Å². The van der Waals surface area contributed by atoms with E-state index in [9.17, 15) is 9.59 Å². The highest BCUT2D eigenvalue weighted by molar-refractivity contribution is 5.86. The molecule has 1 aromatic carbocycles. The molecule has 2 N–H and O–H groups in total. The fraction of sp³-hybridized carbons (Fsp3) is 0.520. The van der Waals surface area contributed by atoms with Gasteiger partial charge in [0.15, 0.2) is 6.61 Å². The van der Waals surface area contributed by atoms with Gasteiger partial charge in [0.05, 0.1) is 17.1 Å². The predicted octanol–water partition coefficient (Wildman–Crippen LogP) is 3.60. The van der Waals surface area contributed by atoms with E-state index in [4.69, 9.17) is 9.47 Å². The van der Waals surface area contributed by atoms with Crippen LogP contribution in [0.2, 0.25) is 0 Å². The number of ether oxygens (including phenoxy) is 2. The molecule has 0 bridgehead atoms. The maximum Gasteiger partial charge on any atom is 0.412 e. The first-order valence-corrected chi connectivity index (χ1v) is 11.6. The molecule has 184 valence electrons. The van der Waals surface area contributed by atoms with E-state index in [0.717, 1.165) is 31.5 Å². The Labute approximate surface area is 201 Å². The minimum Gasteiger partial charge on any atom is -0.453 e. The van der Waals surface area contributed by atoms with Crippen molar-refractivity contribution in [3.63, 3.8) is 0 Å². The molecule has 34 heavy (non-hydrogen) atoms. The van der Waals surface area contributed by atoms with E-state index < -0.39 is 11.7 Å². The number of piperidine rings is 1. The lowest BCUT2D eigenvalue weighted by Gasteiger charge is -2.34. The zero-order valence-corrected chi connectivity index (χ0v) is 20.7. The van der Waals surface area contributed by atoms with Crippen molar-refractivity contribution in [1.82, 2.24) is 20.2 Å². The molecule has 0 radical (unpaired) electrons. The molecule has 1 aliphatic rings. The van der Waals surface area contributed by atoms with Gasteiger partial charge in [-0.25, -0.2) is 4.79 Å². The molecular formula is C25H35N5O4. The van der Waals surface area contributed by atoms with Crippen LogP contribution < -0.4 is 15.4 Å². The summed E-state index contributed by atoms with van der Waals surface area (Å²) in [6.45, 7) is 11.0. The van der Waals surface area contributed by atoms with Crippen LogP contribution in [0.1, 0.15) is 50.6 Å². The molecule has 1 fully saturated rings. The summed E-state index contributed by atoms with van der Waals surface area (Å²) in [5, 5.41) is 6.04. The third kappa shape index (κ3) is 7.41. The Balaban J connectivity index is 1.67. The van der Waals surface area contributed by atoms with Gasteiger partial charge in [0, 0.05) is 12.6 Å². The molecule has 0 spiro atoms. The van der Waals surface area contributed by atoms with Crippen LogP contribution in [-0.4, -0.2) is 58.2 Å². The number of carbonyl (C=O) groups is 2. The van der Waals surface area contributed by atoms with Crippen LogP contribution in [0.25, 0.3) is 0 Å². The number of benzene rings is 1. The van der Waals surface area contributed by atoms with Gasteiger partial charge in [0.25, 0.3) is 5.91 Å². The van der Waals surface area contributed by atoms with Gasteiger partial charge in [0.2, 0.25) is 0 Å². The SMILES string of the molecule is Cc1nc(OCC(=O)N(Cc2ccccc2)C2CCNCC2)nc(C)c1NC(=O)OC(C)(C)C. The zero-order chi connectivity index (χ0) is 24.7. The first-order chi connectivity index (χ1) is 16.1. The van der Waals surface area contributed by atoms with E-state index in [1.165, 1.54) is 0 Å². The molecule has 0 unspecified atom stereocenters. The normalized spacial score (nSPS) is 14.4. The number of hydrogen-bond acceptors (Lipinski definition) is 7. The van der Waals surface area contributed by atoms with E-state index in [1.807, 2.05) is 35.2 Å². The van der Waals surface area contributed by atoms with Crippen LogP contribution in [0.4, 0.5) is 10.5 Å². The Morgan fingerprint density at radius 1 is 1.09 bits per heavy atom. The second-order valence-electron chi connectivity index (χ2n) is 9.46. The second-order valence-corrected chi connectivity index (χ2v) is 9.46. The third-order valence-corrected chi connectivity index (χ3v) is 5.47. The van der Waals surface area contributed by atoms with Crippen LogP contribution in [0.5, 0.6) is 6.01 Å². The minimum atomic E-state index is -0.615. The van der Waals surface area contributed by atoms with Crippen molar-refractivity contribution in [1.29, 1.82) is 0 Å². The molecule has 9 heteroatoms. The van der Waals surface area contributed by atoms with E-state index in [2.05, 4.69) is 20.6 Å². The first kappa shape index (κ1) is 25.4. The number of nitrogens with one attached hydrogen (secondary N) is 2. The standard InChI is InChI=1S/C25H35N5O4/c1-17-22(29-24(32)34-25(3,4)5)18(2)28-23(27-17)33-16-21(31)30(20-11-13-26-14-12-20)15-19-9-7-6-8-10-19/h6-10,20,26H,11-16H2,1-5H3,(H,29,32). The lowest BCUT2D eigenvalue weighted by Crippen LogP contribution is -2.47. The van der Waals surface area contributed by atoms with Gasteiger partial charge < -0.3 is 19.7 Å². The van der Waals surface area contributed by atoms with Crippen molar-refractivity contribution in [3.8, 4) is 6.01 Å². The summed E-state index contributed by atoms with van der Waals surface area (Å²) >= 11 is 0. The smallest absolute Gasteiger partial charge is 0.412 e. The maximum absolute atomic E-state index is 13.2. The fourth-order valence-electron chi connectivity index (χ4n) is 3.87. The number of rotatable bonds is 7. The maximum atomic E-state index is 13.2. The van der Waals surface area contributed by atoms with Crippen molar-refractivity contribution in [3.05, 3.63) is 47.3 Å². The number of nitrogens with zero attached hydrogens (tertiary/aromatic N) is 3. The van der Waals surface area contributed by atoms with Crippen molar-refractivity contribution < 1.29 is 19.1 Å². The van der Waals surface area contributed by atoms with Gasteiger partial charge in [-0.1, -0.05) is 30.3 Å². The summed E-state index contributed by atoms with van der Waals surface area (Å²) in [6.07, 6.45) is 1.22. The zero-order valence-electron chi connectivity index (χ0n) is 20.7. The molecule has 2 amide bonds. The molecule has 1 aromatic heterocycles. The van der Waals surface area contributed by atoms with Crippen molar-refractivity contribution in [2.24, 2.45) is 0 Å². The molecule has 9 nitrogen and oxygen atoms in total. The number of aromatic nitrogens is 2. The highest BCUT2D eigenvalue weighted by atomic mass is 16.6. The number of amides is 2. The van der Waals surface area contributed by atoms with Crippen LogP contribution in [-0.2, 0) is 16.1 Å². The molecule has 2 heterocycles. The average molecular weight is 470 g/mol. The van der Waals surface area contributed by atoms with Gasteiger partial charge in [-0.15, -0.1) is 0 Å². The Kier molecular flexibility index (Phi) is 8.44. The van der Waals surface area contributed by atoms with E-state index in [1.54, 1.807) is 34.6 Å². The Morgan fingerprint density at radius 2 is 1.71 bits per heavy atom. The fourth-order valence-corrected chi connectivity index (χ4v) is 3.87. The van der Waals surface area contributed by atoms with E-state index >= 15 is 0 Å². The molecule has 1 aliphatic heterocycles. The van der Waals surface area contributed by atoms with Gasteiger partial charge in [-0.3, -0.25) is 10.1 Å². The summed E-state index contributed by atoms with van der Waals surface area (Å²) in [6, 6.07) is 10.2. The summed E-state index contributed by atoms with van der Waals surface area (Å²) < 4.78 is 11.0. The van der Waals surface area contributed by atoms with Crippen LogP contribution in [0.15, 0.2) is 30.3 Å². The Bertz CT molecular complexity index is 962. The largest absolute Gasteiger partial charge is 0.453 e. The van der Waals surface area contributed by atoms with Crippen molar-refractivity contribution in [2.75, 3.05) is 25.0 Å². The summed E-state index contributed by atoms with van der Waals surface area (Å²) in [5.74, 6) is -0.106. The Hall–Kier alpha value is -3.20. The second kappa shape index (κ2) is 11.3. The molecule has 0 atom stereocenters. The number of aryl methyl sites for hydroxylation is 2. The average Bonchev–Trinajstić information content (AvgIpc) is 2.78. The monoisotopic (exact) mass is 469 g/mol. The Morgan fingerprint density at radius 3 is 2.29 bits per heavy atom. The van der Waals surface area contributed by atoms with Gasteiger partial charge in [0.1, 0.15) is 5.60 Å². The molecule has 1 saturated heterocycles. The van der Waals surface area contributed by atoms with Gasteiger partial charge >= 0.3 is 12.1 Å². The number of carbonyl (C=O) groups excluding carboxylic acids is 2. The highest BCUT2D eigenvalue weighted by Gasteiger charge is 2.26. The molecule has 0 aliphatic carbocycles. The first-order valence-electron chi connectivity index (χ1n) is 11.6. The lowest BCUT2D eigenvalue weighted by molar-refractivity contribution is -0.137. The summed E-state index contributed by atoms with van der Waals surface area (Å²) in [7, 11) is 0. The molecule has 3 rings (SSSR count). The highest BCUT2D eigenvalue weighted by Crippen LogP contribution is 2.21. The van der Waals surface area contributed by atoms with Gasteiger partial charge in [-0.2, -0.15) is 9.97 Å².